The van der Waals surface area contributed by atoms with E-state index in [0.29, 0.717) is 11.6 Å². The van der Waals surface area contributed by atoms with E-state index < -0.39 is 0 Å². The minimum absolute atomic E-state index is 0.0404. The summed E-state index contributed by atoms with van der Waals surface area (Å²) in [5, 5.41) is 6.25. The first kappa shape index (κ1) is 16.2. The van der Waals surface area contributed by atoms with Gasteiger partial charge in [-0.3, -0.25) is 9.59 Å². The molecule has 0 fully saturated rings. The largest absolute Gasteiger partial charge is 0.360 e. The minimum Gasteiger partial charge on any atom is -0.360 e. The van der Waals surface area contributed by atoms with E-state index in [1.165, 1.54) is 4.90 Å². The fourth-order valence-corrected chi connectivity index (χ4v) is 2.09. The Balaban J connectivity index is 1.85. The number of likely N-dealkylation sites (N-methyl/N-ethyl adjacent to an activating group) is 1. The van der Waals surface area contributed by atoms with Crippen LogP contribution in [-0.2, 0) is 16.0 Å². The van der Waals surface area contributed by atoms with E-state index in [9.17, 15) is 9.59 Å². The van der Waals surface area contributed by atoms with E-state index in [0.717, 1.165) is 10.0 Å². The first-order chi connectivity index (χ1) is 10.4. The first-order valence-corrected chi connectivity index (χ1v) is 7.45. The number of anilines is 1. The zero-order valence-corrected chi connectivity index (χ0v) is 13.9. The number of benzene rings is 1. The second kappa shape index (κ2) is 7.22. The van der Waals surface area contributed by atoms with Gasteiger partial charge in [0.1, 0.15) is 5.76 Å². The second-order valence-electron chi connectivity index (χ2n) is 4.92. The molecule has 0 aliphatic carbocycles. The Morgan fingerprint density at radius 2 is 2.00 bits per heavy atom. The average molecular weight is 366 g/mol. The highest BCUT2D eigenvalue weighted by molar-refractivity contribution is 9.10. The summed E-state index contributed by atoms with van der Waals surface area (Å²) in [6.07, 6.45) is 0.250. The summed E-state index contributed by atoms with van der Waals surface area (Å²) >= 11 is 3.34. The molecule has 7 heteroatoms. The normalized spacial score (nSPS) is 10.3. The number of aryl methyl sites for hydroxylation is 1. The topological polar surface area (TPSA) is 75.4 Å². The number of nitrogens with zero attached hydrogens (tertiary/aromatic N) is 2. The van der Waals surface area contributed by atoms with Crippen molar-refractivity contribution in [2.45, 2.75) is 13.3 Å². The third kappa shape index (κ3) is 4.70. The Kier molecular flexibility index (Phi) is 5.32. The Labute approximate surface area is 136 Å². The molecule has 0 aliphatic rings. The van der Waals surface area contributed by atoms with Crippen LogP contribution >= 0.6 is 15.9 Å². The molecule has 1 aromatic heterocycles. The molecule has 0 unspecified atom stereocenters. The molecule has 0 bridgehead atoms. The number of halogens is 1. The van der Waals surface area contributed by atoms with E-state index in [-0.39, 0.29) is 24.8 Å². The molecular formula is C15H16BrN3O3. The van der Waals surface area contributed by atoms with E-state index in [1.807, 2.05) is 24.3 Å². The van der Waals surface area contributed by atoms with Crippen molar-refractivity contribution in [3.05, 3.63) is 46.1 Å². The van der Waals surface area contributed by atoms with Gasteiger partial charge >= 0.3 is 0 Å². The van der Waals surface area contributed by atoms with Crippen molar-refractivity contribution in [3.63, 3.8) is 0 Å². The third-order valence-corrected chi connectivity index (χ3v) is 3.50. The Hall–Kier alpha value is -2.15. The Morgan fingerprint density at radius 3 is 2.59 bits per heavy atom. The summed E-state index contributed by atoms with van der Waals surface area (Å²) in [5.41, 5.74) is 0.896. The fraction of sp³-hybridized carbons (Fsp3) is 0.267. The molecule has 2 rings (SSSR count). The maximum atomic E-state index is 12.1. The van der Waals surface area contributed by atoms with Crippen LogP contribution in [0, 0.1) is 6.92 Å². The quantitative estimate of drug-likeness (QED) is 0.882. The van der Waals surface area contributed by atoms with E-state index in [1.54, 1.807) is 20.0 Å². The number of amides is 2. The molecule has 0 saturated carbocycles. The summed E-state index contributed by atoms with van der Waals surface area (Å²) in [5.74, 6) is 0.500. The molecule has 2 aromatic rings. The van der Waals surface area contributed by atoms with Gasteiger partial charge < -0.3 is 14.7 Å². The molecule has 2 amide bonds. The molecule has 0 radical (unpaired) electrons. The van der Waals surface area contributed by atoms with E-state index in [4.69, 9.17) is 4.52 Å². The van der Waals surface area contributed by atoms with Crippen LogP contribution in [0.1, 0.15) is 11.3 Å². The molecule has 116 valence electrons. The Bertz CT molecular complexity index is 667. The van der Waals surface area contributed by atoms with Crippen LogP contribution in [0.5, 0.6) is 0 Å². The molecule has 0 saturated heterocycles. The van der Waals surface area contributed by atoms with Crippen molar-refractivity contribution < 1.29 is 14.1 Å². The third-order valence-electron chi connectivity index (χ3n) is 2.97. The van der Waals surface area contributed by atoms with Crippen molar-refractivity contribution in [2.75, 3.05) is 18.9 Å². The van der Waals surface area contributed by atoms with Gasteiger partial charge in [-0.2, -0.15) is 0 Å². The minimum atomic E-state index is -0.319. The molecule has 6 nitrogen and oxygen atoms in total. The molecule has 0 spiro atoms. The zero-order chi connectivity index (χ0) is 16.1. The monoisotopic (exact) mass is 365 g/mol. The number of carbonyl (C=O) groups is 2. The summed E-state index contributed by atoms with van der Waals surface area (Å²) in [6, 6.07) is 9.11. The van der Waals surface area contributed by atoms with Gasteiger partial charge in [0.25, 0.3) is 0 Å². The summed E-state index contributed by atoms with van der Waals surface area (Å²) in [6.45, 7) is 1.69. The lowest BCUT2D eigenvalue weighted by Gasteiger charge is -2.16. The number of aromatic nitrogens is 1. The van der Waals surface area contributed by atoms with Gasteiger partial charge in [0.15, 0.2) is 5.82 Å². The van der Waals surface area contributed by atoms with Crippen molar-refractivity contribution >= 4 is 33.6 Å². The zero-order valence-electron chi connectivity index (χ0n) is 12.3. The first-order valence-electron chi connectivity index (χ1n) is 6.65. The second-order valence-corrected chi connectivity index (χ2v) is 5.84. The van der Waals surface area contributed by atoms with Gasteiger partial charge in [-0.25, -0.2) is 0 Å². The van der Waals surface area contributed by atoms with Crippen molar-refractivity contribution in [2.24, 2.45) is 0 Å². The van der Waals surface area contributed by atoms with Gasteiger partial charge in [-0.15, -0.1) is 0 Å². The lowest BCUT2D eigenvalue weighted by Crippen LogP contribution is -2.35. The van der Waals surface area contributed by atoms with Gasteiger partial charge in [0.2, 0.25) is 11.8 Å². The highest BCUT2D eigenvalue weighted by Gasteiger charge is 2.14. The van der Waals surface area contributed by atoms with Crippen LogP contribution in [0.2, 0.25) is 0 Å². The SMILES string of the molecule is Cc1cc(NC(=O)CN(C)C(=O)Cc2ccc(Br)cc2)no1. The van der Waals surface area contributed by atoms with Crippen molar-refractivity contribution in [1.29, 1.82) is 0 Å². The van der Waals surface area contributed by atoms with Crippen molar-refractivity contribution in [1.82, 2.24) is 10.1 Å². The number of hydrogen-bond donors (Lipinski definition) is 1. The fourth-order valence-electron chi connectivity index (χ4n) is 1.82. The standard InChI is InChI=1S/C15H16BrN3O3/c1-10-7-13(18-22-10)17-14(20)9-19(2)15(21)8-11-3-5-12(16)6-4-11/h3-7H,8-9H2,1-2H3,(H,17,18,20). The highest BCUT2D eigenvalue weighted by atomic mass is 79.9. The number of rotatable bonds is 5. The summed E-state index contributed by atoms with van der Waals surface area (Å²) in [4.78, 5) is 25.3. The van der Waals surface area contributed by atoms with Crippen LogP contribution in [0.15, 0.2) is 39.3 Å². The summed E-state index contributed by atoms with van der Waals surface area (Å²) in [7, 11) is 1.59. The van der Waals surface area contributed by atoms with Gasteiger partial charge in [-0.1, -0.05) is 33.2 Å². The van der Waals surface area contributed by atoms with Gasteiger partial charge in [-0.05, 0) is 24.6 Å². The van der Waals surface area contributed by atoms with Crippen LogP contribution in [0.4, 0.5) is 5.82 Å². The highest BCUT2D eigenvalue weighted by Crippen LogP contribution is 2.11. The van der Waals surface area contributed by atoms with Crippen LogP contribution < -0.4 is 5.32 Å². The van der Waals surface area contributed by atoms with E-state index in [2.05, 4.69) is 26.4 Å². The predicted octanol–water partition coefficient (Wildman–Crippen LogP) is 2.39. The maximum absolute atomic E-state index is 12.1. The number of hydrogen-bond acceptors (Lipinski definition) is 4. The molecule has 0 aliphatic heterocycles. The van der Waals surface area contributed by atoms with Gasteiger partial charge in [0, 0.05) is 17.6 Å². The molecule has 1 heterocycles. The van der Waals surface area contributed by atoms with Crippen LogP contribution in [0.25, 0.3) is 0 Å². The number of carbonyl (C=O) groups excluding carboxylic acids is 2. The van der Waals surface area contributed by atoms with Crippen molar-refractivity contribution in [3.8, 4) is 0 Å². The average Bonchev–Trinajstić information content (AvgIpc) is 2.86. The Morgan fingerprint density at radius 1 is 1.32 bits per heavy atom. The molecular weight excluding hydrogens is 350 g/mol. The van der Waals surface area contributed by atoms with Gasteiger partial charge in [0.05, 0.1) is 13.0 Å². The maximum Gasteiger partial charge on any atom is 0.245 e. The summed E-state index contributed by atoms with van der Waals surface area (Å²) < 4.78 is 5.82. The molecule has 1 N–H and O–H groups in total. The lowest BCUT2D eigenvalue weighted by atomic mass is 10.1. The molecule has 0 atom stereocenters. The van der Waals surface area contributed by atoms with E-state index >= 15 is 0 Å². The smallest absolute Gasteiger partial charge is 0.245 e. The molecule has 22 heavy (non-hydrogen) atoms. The lowest BCUT2D eigenvalue weighted by molar-refractivity contribution is -0.132. The van der Waals surface area contributed by atoms with Crippen LogP contribution in [-0.4, -0.2) is 35.5 Å². The van der Waals surface area contributed by atoms with Crippen LogP contribution in [0.3, 0.4) is 0 Å². The molecule has 1 aromatic carbocycles. The predicted molar refractivity (Wildman–Crippen MR) is 85.4 cm³/mol. The number of nitrogens with one attached hydrogen (secondary N) is 1.